The van der Waals surface area contributed by atoms with Crippen LogP contribution in [0.2, 0.25) is 0 Å². The number of nitrogens with zero attached hydrogens (tertiary/aromatic N) is 2. The molecule has 0 aromatic heterocycles. The lowest BCUT2D eigenvalue weighted by molar-refractivity contribution is -0.384. The van der Waals surface area contributed by atoms with Crippen molar-refractivity contribution in [3.63, 3.8) is 0 Å². The fourth-order valence-electron chi connectivity index (χ4n) is 3.63. The number of carbonyl (C=O) groups excluding carboxylic acids is 1. The van der Waals surface area contributed by atoms with Crippen molar-refractivity contribution >= 4 is 17.6 Å². The molecule has 7 heteroatoms. The van der Waals surface area contributed by atoms with Crippen LogP contribution in [-0.4, -0.2) is 16.8 Å². The van der Waals surface area contributed by atoms with Gasteiger partial charge in [0.15, 0.2) is 5.96 Å². The molecule has 1 aromatic carbocycles. The van der Waals surface area contributed by atoms with E-state index in [-0.39, 0.29) is 41.2 Å². The molecule has 22 heavy (non-hydrogen) atoms. The lowest BCUT2D eigenvalue weighted by Gasteiger charge is -2.25. The largest absolute Gasteiger partial charge is 0.370 e. The lowest BCUT2D eigenvalue weighted by atomic mass is 9.78. The summed E-state index contributed by atoms with van der Waals surface area (Å²) < 4.78 is 0. The summed E-state index contributed by atoms with van der Waals surface area (Å²) in [6.07, 6.45) is 5.03. The number of non-ortho nitro benzene ring substituents is 1. The summed E-state index contributed by atoms with van der Waals surface area (Å²) in [7, 11) is 0. The number of rotatable bonds is 3. The van der Waals surface area contributed by atoms with Gasteiger partial charge >= 0.3 is 0 Å². The number of hydrogen-bond acceptors (Lipinski definition) is 3. The fraction of sp³-hybridized carbons (Fsp3) is 0.333. The molecule has 3 rings (SSSR count). The van der Waals surface area contributed by atoms with Gasteiger partial charge < -0.3 is 11.5 Å². The first kappa shape index (κ1) is 14.2. The first-order chi connectivity index (χ1) is 10.5. The van der Waals surface area contributed by atoms with Crippen LogP contribution >= 0.6 is 0 Å². The van der Waals surface area contributed by atoms with Crippen molar-refractivity contribution in [2.75, 3.05) is 0 Å². The molecule has 1 fully saturated rings. The molecule has 4 atom stereocenters. The van der Waals surface area contributed by atoms with Gasteiger partial charge in [-0.3, -0.25) is 14.9 Å². The standard InChI is InChI=1S/C15H16N4O3/c16-15(17)18-14(20)13-10-2-1-9(7-10)12(13)8-3-5-11(6-4-8)19(21)22/h1-6,9-10,12-13H,7H2,(H4,16,17,18,20). The third-order valence-electron chi connectivity index (χ3n) is 4.47. The molecule has 1 aromatic rings. The first-order valence-corrected chi connectivity index (χ1v) is 7.03. The van der Waals surface area contributed by atoms with Crippen molar-refractivity contribution in [3.8, 4) is 0 Å². The van der Waals surface area contributed by atoms with Crippen molar-refractivity contribution < 1.29 is 9.72 Å². The van der Waals surface area contributed by atoms with Crippen molar-refractivity contribution in [1.82, 2.24) is 0 Å². The summed E-state index contributed by atoms with van der Waals surface area (Å²) in [4.78, 5) is 26.3. The zero-order valence-corrected chi connectivity index (χ0v) is 11.8. The van der Waals surface area contributed by atoms with E-state index in [1.54, 1.807) is 12.1 Å². The first-order valence-electron chi connectivity index (χ1n) is 7.03. The maximum Gasteiger partial charge on any atom is 0.269 e. The van der Waals surface area contributed by atoms with Crippen LogP contribution in [0.5, 0.6) is 0 Å². The summed E-state index contributed by atoms with van der Waals surface area (Å²) in [6.45, 7) is 0. The van der Waals surface area contributed by atoms with Gasteiger partial charge in [-0.2, -0.15) is 4.99 Å². The van der Waals surface area contributed by atoms with Crippen molar-refractivity contribution in [3.05, 3.63) is 52.1 Å². The third kappa shape index (κ3) is 2.34. The summed E-state index contributed by atoms with van der Waals surface area (Å²) in [5.41, 5.74) is 11.6. The third-order valence-corrected chi connectivity index (χ3v) is 4.47. The Bertz CT molecular complexity index is 677. The van der Waals surface area contributed by atoms with Gasteiger partial charge in [0.1, 0.15) is 0 Å². The second-order valence-corrected chi connectivity index (χ2v) is 5.72. The number of nitro groups is 1. The number of benzene rings is 1. The van der Waals surface area contributed by atoms with E-state index in [0.29, 0.717) is 0 Å². The Kier molecular flexibility index (Phi) is 3.40. The van der Waals surface area contributed by atoms with Crippen LogP contribution in [0.25, 0.3) is 0 Å². The minimum Gasteiger partial charge on any atom is -0.370 e. The smallest absolute Gasteiger partial charge is 0.269 e. The van der Waals surface area contributed by atoms with Crippen LogP contribution in [0.15, 0.2) is 41.4 Å². The van der Waals surface area contributed by atoms with Gasteiger partial charge in [0.2, 0.25) is 0 Å². The number of nitrogens with two attached hydrogens (primary N) is 2. The molecule has 2 aliphatic rings. The van der Waals surface area contributed by atoms with E-state index < -0.39 is 4.92 Å². The SMILES string of the molecule is NC(N)=NC(=O)C1C2C=CC(C2)C1c1ccc([N+](=O)[O-])cc1. The molecule has 7 nitrogen and oxygen atoms in total. The number of fused-ring (bicyclic) bond motifs is 2. The number of carbonyl (C=O) groups is 1. The number of nitro benzene ring substituents is 1. The molecule has 0 spiro atoms. The molecular formula is C15H16N4O3. The average Bonchev–Trinajstić information content (AvgIpc) is 3.07. The minimum atomic E-state index is -0.438. The van der Waals surface area contributed by atoms with E-state index in [2.05, 4.69) is 11.1 Å². The molecule has 0 saturated heterocycles. The van der Waals surface area contributed by atoms with Crippen LogP contribution in [-0.2, 0) is 4.79 Å². The predicted octanol–water partition coefficient (Wildman–Crippen LogP) is 1.30. The van der Waals surface area contributed by atoms with Crippen LogP contribution in [0.3, 0.4) is 0 Å². The van der Waals surface area contributed by atoms with E-state index in [4.69, 9.17) is 11.5 Å². The van der Waals surface area contributed by atoms with E-state index >= 15 is 0 Å². The van der Waals surface area contributed by atoms with Crippen LogP contribution in [0, 0.1) is 27.9 Å². The molecule has 4 unspecified atom stereocenters. The van der Waals surface area contributed by atoms with E-state index in [0.717, 1.165) is 12.0 Å². The van der Waals surface area contributed by atoms with Crippen molar-refractivity contribution in [2.24, 2.45) is 34.2 Å². The summed E-state index contributed by atoms with van der Waals surface area (Å²) >= 11 is 0. The fourth-order valence-corrected chi connectivity index (χ4v) is 3.63. The van der Waals surface area contributed by atoms with Gasteiger partial charge in [-0.15, -0.1) is 0 Å². The highest BCUT2D eigenvalue weighted by atomic mass is 16.6. The van der Waals surface area contributed by atoms with Crippen LogP contribution < -0.4 is 11.5 Å². The summed E-state index contributed by atoms with van der Waals surface area (Å²) in [5, 5.41) is 10.7. The monoisotopic (exact) mass is 300 g/mol. The van der Waals surface area contributed by atoms with Gasteiger partial charge in [0.05, 0.1) is 10.8 Å². The molecule has 0 radical (unpaired) electrons. The molecular weight excluding hydrogens is 284 g/mol. The van der Waals surface area contributed by atoms with Gasteiger partial charge in [0.25, 0.3) is 11.6 Å². The summed E-state index contributed by atoms with van der Waals surface area (Å²) in [6, 6.07) is 6.36. The second kappa shape index (κ2) is 5.25. The van der Waals surface area contributed by atoms with Gasteiger partial charge in [-0.1, -0.05) is 24.3 Å². The topological polar surface area (TPSA) is 125 Å². The molecule has 4 N–H and O–H groups in total. The maximum atomic E-state index is 12.3. The van der Waals surface area contributed by atoms with Gasteiger partial charge in [-0.05, 0) is 23.8 Å². The van der Waals surface area contributed by atoms with E-state index in [1.165, 1.54) is 12.1 Å². The van der Waals surface area contributed by atoms with Gasteiger partial charge in [0, 0.05) is 18.1 Å². The van der Waals surface area contributed by atoms with E-state index in [9.17, 15) is 14.9 Å². The predicted molar refractivity (Wildman–Crippen MR) is 80.9 cm³/mol. The zero-order valence-electron chi connectivity index (χ0n) is 11.8. The average molecular weight is 300 g/mol. The highest BCUT2D eigenvalue weighted by Gasteiger charge is 2.48. The Hall–Kier alpha value is -2.70. The second-order valence-electron chi connectivity index (χ2n) is 5.72. The van der Waals surface area contributed by atoms with Crippen LogP contribution in [0.1, 0.15) is 17.9 Å². The van der Waals surface area contributed by atoms with Crippen molar-refractivity contribution in [2.45, 2.75) is 12.3 Å². The van der Waals surface area contributed by atoms with Crippen LogP contribution in [0.4, 0.5) is 5.69 Å². The summed E-state index contributed by atoms with van der Waals surface area (Å²) in [5.74, 6) is -0.528. The lowest BCUT2D eigenvalue weighted by Crippen LogP contribution is -2.30. The number of amides is 1. The molecule has 1 saturated carbocycles. The minimum absolute atomic E-state index is 0.0357. The van der Waals surface area contributed by atoms with E-state index in [1.807, 2.05) is 6.08 Å². The number of allylic oxidation sites excluding steroid dienone is 2. The van der Waals surface area contributed by atoms with Gasteiger partial charge in [-0.25, -0.2) is 0 Å². The Morgan fingerprint density at radius 1 is 1.18 bits per heavy atom. The number of guanidine groups is 1. The Balaban J connectivity index is 1.93. The number of hydrogen-bond donors (Lipinski definition) is 2. The molecule has 1 amide bonds. The molecule has 0 heterocycles. The Labute approximate surface area is 126 Å². The molecule has 0 aliphatic heterocycles. The highest BCUT2D eigenvalue weighted by molar-refractivity contribution is 5.93. The zero-order chi connectivity index (χ0) is 15.9. The molecule has 2 bridgehead atoms. The van der Waals surface area contributed by atoms with Crippen molar-refractivity contribution in [1.29, 1.82) is 0 Å². The number of aliphatic imine (C=N–C) groups is 1. The Morgan fingerprint density at radius 2 is 1.82 bits per heavy atom. The maximum absolute atomic E-state index is 12.3. The Morgan fingerprint density at radius 3 is 2.41 bits per heavy atom. The molecule has 2 aliphatic carbocycles. The molecule has 114 valence electrons. The quantitative estimate of drug-likeness (QED) is 0.286. The highest BCUT2D eigenvalue weighted by Crippen LogP contribution is 2.53. The normalized spacial score (nSPS) is 28.5.